The Morgan fingerprint density at radius 2 is 2.38 bits per heavy atom. The number of thioether (sulfide) groups is 2. The fourth-order valence-electron chi connectivity index (χ4n) is 1.72. The van der Waals surface area contributed by atoms with E-state index in [0.29, 0.717) is 0 Å². The van der Waals surface area contributed by atoms with Gasteiger partial charge in [-0.1, -0.05) is 30.0 Å². The van der Waals surface area contributed by atoms with Crippen molar-refractivity contribution in [1.82, 2.24) is 4.98 Å². The Morgan fingerprint density at radius 3 is 3.00 bits per heavy atom. The third kappa shape index (κ3) is 2.79. The molecular weight excluding hydrogens is 254 g/mol. The molecule has 0 N–H and O–H groups in total. The van der Waals surface area contributed by atoms with Crippen LogP contribution < -0.4 is 0 Å². The summed E-state index contributed by atoms with van der Waals surface area (Å²) in [7, 11) is 0. The summed E-state index contributed by atoms with van der Waals surface area (Å²) in [6.07, 6.45) is 2.48. The lowest BCUT2D eigenvalue weighted by molar-refractivity contribution is 0.769. The lowest BCUT2D eigenvalue weighted by Gasteiger charge is -2.22. The van der Waals surface area contributed by atoms with Crippen molar-refractivity contribution in [1.29, 1.82) is 0 Å². The minimum Gasteiger partial charge on any atom is -0.246 e. The van der Waals surface area contributed by atoms with Crippen molar-refractivity contribution in [3.63, 3.8) is 0 Å². The molecule has 2 rings (SSSR count). The lowest BCUT2D eigenvalue weighted by Crippen LogP contribution is -2.24. The molecule has 0 aliphatic carbocycles. The summed E-state index contributed by atoms with van der Waals surface area (Å²) in [5, 5.41) is 1.03. The van der Waals surface area contributed by atoms with Gasteiger partial charge in [-0.3, -0.25) is 0 Å². The largest absolute Gasteiger partial charge is 0.246 e. The Hall–Kier alpha value is -0.0600. The van der Waals surface area contributed by atoms with Crippen LogP contribution in [0.3, 0.4) is 0 Å². The summed E-state index contributed by atoms with van der Waals surface area (Å²) in [4.78, 5) is 4.48. The Balaban J connectivity index is 2.07. The summed E-state index contributed by atoms with van der Waals surface area (Å²) in [5.41, 5.74) is 1.05. The first-order valence-corrected chi connectivity index (χ1v) is 7.61. The van der Waals surface area contributed by atoms with Gasteiger partial charge in [-0.15, -0.1) is 11.8 Å². The van der Waals surface area contributed by atoms with Crippen molar-refractivity contribution < 1.29 is 0 Å². The van der Waals surface area contributed by atoms with Crippen molar-refractivity contribution in [3.8, 4) is 0 Å². The molecule has 86 valence electrons. The fourth-order valence-corrected chi connectivity index (χ4v) is 4.54. The molecule has 1 aliphatic rings. The monoisotopic (exact) mass is 269 g/mol. The van der Waals surface area contributed by atoms with E-state index in [4.69, 9.17) is 12.2 Å². The Kier molecular flexibility index (Phi) is 3.93. The smallest absolute Gasteiger partial charge is 0.102 e. The van der Waals surface area contributed by atoms with E-state index in [2.05, 4.69) is 11.9 Å². The van der Waals surface area contributed by atoms with Crippen LogP contribution in [0.25, 0.3) is 0 Å². The second-order valence-corrected chi connectivity index (χ2v) is 7.48. The van der Waals surface area contributed by atoms with E-state index in [9.17, 15) is 0 Å². The number of thiocarbonyl (C=S) groups is 1. The maximum absolute atomic E-state index is 5.55. The zero-order valence-electron chi connectivity index (χ0n) is 9.53. The molecule has 4 heteroatoms. The van der Waals surface area contributed by atoms with Gasteiger partial charge in [0.15, 0.2) is 0 Å². The molecule has 0 aromatic carbocycles. The van der Waals surface area contributed by atoms with Crippen molar-refractivity contribution in [2.75, 3.05) is 5.75 Å². The molecule has 16 heavy (non-hydrogen) atoms. The Labute approximate surface area is 111 Å². The fraction of sp³-hybridized carbons (Fsp3) is 0.500. The molecule has 0 bridgehead atoms. The molecule has 1 fully saturated rings. The number of nitrogens with zero attached hydrogens (tertiary/aromatic N) is 1. The van der Waals surface area contributed by atoms with Crippen LogP contribution in [0.1, 0.15) is 25.5 Å². The molecule has 1 aliphatic heterocycles. The zero-order valence-corrected chi connectivity index (χ0v) is 12.0. The highest BCUT2D eigenvalue weighted by Crippen LogP contribution is 2.43. The Bertz CT molecular complexity index is 397. The summed E-state index contributed by atoms with van der Waals surface area (Å²) in [5.74, 6) is 1.23. The van der Waals surface area contributed by atoms with E-state index < -0.39 is 0 Å². The number of hydrogen-bond donors (Lipinski definition) is 0. The Morgan fingerprint density at radius 1 is 1.56 bits per heavy atom. The highest BCUT2D eigenvalue weighted by atomic mass is 32.2. The van der Waals surface area contributed by atoms with Crippen LogP contribution in [0.2, 0.25) is 0 Å². The first-order chi connectivity index (χ1) is 7.60. The number of aryl methyl sites for hydroxylation is 1. The van der Waals surface area contributed by atoms with E-state index in [1.165, 1.54) is 18.6 Å². The minimum atomic E-state index is 0.172. The quantitative estimate of drug-likeness (QED) is 0.592. The average Bonchev–Trinajstić information content (AvgIpc) is 2.66. The topological polar surface area (TPSA) is 12.9 Å². The second kappa shape index (κ2) is 5.07. The van der Waals surface area contributed by atoms with E-state index in [-0.39, 0.29) is 4.75 Å². The average molecular weight is 269 g/mol. The molecule has 1 saturated heterocycles. The standard InChI is InChI=1S/C12H15NS3/c1-9-5-3-6-10(13-9)16-11(14)12(2)7-4-8-15-12/h3,5-6H,4,7-8H2,1-2H3. The molecule has 0 saturated carbocycles. The van der Waals surface area contributed by atoms with Crippen molar-refractivity contribution in [3.05, 3.63) is 23.9 Å². The minimum absolute atomic E-state index is 0.172. The SMILES string of the molecule is Cc1cccc(SC(=S)C2(C)CCCS2)n1. The second-order valence-electron chi connectivity index (χ2n) is 4.19. The predicted octanol–water partition coefficient (Wildman–Crippen LogP) is 4.10. The van der Waals surface area contributed by atoms with Gasteiger partial charge in [0.2, 0.25) is 0 Å². The summed E-state index contributed by atoms with van der Waals surface area (Å²) < 4.78 is 1.25. The van der Waals surface area contributed by atoms with Crippen LogP contribution in [0.15, 0.2) is 23.2 Å². The van der Waals surface area contributed by atoms with E-state index in [0.717, 1.165) is 14.9 Å². The summed E-state index contributed by atoms with van der Waals surface area (Å²) in [6.45, 7) is 4.27. The lowest BCUT2D eigenvalue weighted by atomic mass is 10.1. The van der Waals surface area contributed by atoms with Crippen LogP contribution in [0, 0.1) is 6.92 Å². The summed E-state index contributed by atoms with van der Waals surface area (Å²) in [6, 6.07) is 6.09. The first-order valence-electron chi connectivity index (χ1n) is 5.40. The number of rotatable bonds is 2. The molecule has 1 nitrogen and oxygen atoms in total. The van der Waals surface area contributed by atoms with Gasteiger partial charge in [-0.05, 0) is 44.6 Å². The number of aromatic nitrogens is 1. The normalized spacial score (nSPS) is 24.6. The van der Waals surface area contributed by atoms with E-state index in [1.54, 1.807) is 11.8 Å². The third-order valence-electron chi connectivity index (χ3n) is 2.71. The molecule has 0 spiro atoms. The van der Waals surface area contributed by atoms with Crippen LogP contribution in [-0.2, 0) is 0 Å². The molecule has 1 atom stereocenters. The molecule has 0 radical (unpaired) electrons. The van der Waals surface area contributed by atoms with Crippen molar-refractivity contribution >= 4 is 39.9 Å². The third-order valence-corrected chi connectivity index (χ3v) is 6.28. The van der Waals surface area contributed by atoms with Crippen LogP contribution in [0.4, 0.5) is 0 Å². The molecule has 1 aromatic rings. The van der Waals surface area contributed by atoms with Gasteiger partial charge in [-0.25, -0.2) is 4.98 Å². The maximum Gasteiger partial charge on any atom is 0.102 e. The van der Waals surface area contributed by atoms with Crippen molar-refractivity contribution in [2.45, 2.75) is 36.5 Å². The van der Waals surface area contributed by atoms with Gasteiger partial charge in [0.25, 0.3) is 0 Å². The van der Waals surface area contributed by atoms with Crippen LogP contribution >= 0.6 is 35.7 Å². The van der Waals surface area contributed by atoms with E-state index in [1.807, 2.05) is 36.9 Å². The van der Waals surface area contributed by atoms with Crippen LogP contribution in [0.5, 0.6) is 0 Å². The molecule has 2 heterocycles. The first kappa shape index (κ1) is 12.4. The van der Waals surface area contributed by atoms with Gasteiger partial charge < -0.3 is 0 Å². The van der Waals surface area contributed by atoms with Gasteiger partial charge >= 0.3 is 0 Å². The van der Waals surface area contributed by atoms with Gasteiger partial charge in [-0.2, -0.15) is 0 Å². The van der Waals surface area contributed by atoms with Gasteiger partial charge in [0.1, 0.15) is 5.03 Å². The molecule has 1 aromatic heterocycles. The van der Waals surface area contributed by atoms with E-state index >= 15 is 0 Å². The highest BCUT2D eigenvalue weighted by Gasteiger charge is 2.34. The molecular formula is C12H15NS3. The van der Waals surface area contributed by atoms with Gasteiger partial charge in [0.05, 0.1) is 8.94 Å². The zero-order chi connectivity index (χ0) is 11.6. The number of hydrogen-bond acceptors (Lipinski definition) is 4. The van der Waals surface area contributed by atoms with Crippen molar-refractivity contribution in [2.24, 2.45) is 0 Å². The molecule has 0 amide bonds. The maximum atomic E-state index is 5.55. The van der Waals surface area contributed by atoms with Gasteiger partial charge in [0, 0.05) is 5.69 Å². The predicted molar refractivity (Wildman–Crippen MR) is 77.5 cm³/mol. The number of pyridine rings is 1. The summed E-state index contributed by atoms with van der Waals surface area (Å²) >= 11 is 9.19. The van der Waals surface area contributed by atoms with Crippen LogP contribution in [-0.4, -0.2) is 19.7 Å². The molecule has 1 unspecified atom stereocenters. The highest BCUT2D eigenvalue weighted by molar-refractivity contribution is 8.25.